The van der Waals surface area contributed by atoms with Crippen LogP contribution in [0, 0.1) is 5.92 Å². The Bertz CT molecular complexity index is 286. The molecule has 3 unspecified atom stereocenters. The summed E-state index contributed by atoms with van der Waals surface area (Å²) in [5, 5.41) is 3.70. The predicted octanol–water partition coefficient (Wildman–Crippen LogP) is 2.88. The second-order valence-electron chi connectivity index (χ2n) is 6.99. The number of hydrogen-bond acceptors (Lipinski definition) is 3. The van der Waals surface area contributed by atoms with Crippen LogP contribution in [0.5, 0.6) is 0 Å². The molecule has 3 atom stereocenters. The van der Waals surface area contributed by atoms with Gasteiger partial charge in [0.1, 0.15) is 0 Å². The molecule has 0 spiro atoms. The first-order chi connectivity index (χ1) is 9.26. The molecule has 110 valence electrons. The van der Waals surface area contributed by atoms with Gasteiger partial charge in [0.25, 0.3) is 0 Å². The van der Waals surface area contributed by atoms with E-state index in [1.54, 1.807) is 0 Å². The van der Waals surface area contributed by atoms with Gasteiger partial charge < -0.3 is 14.8 Å². The molecule has 0 amide bonds. The lowest BCUT2D eigenvalue weighted by molar-refractivity contribution is -0.108. The van der Waals surface area contributed by atoms with Crippen molar-refractivity contribution >= 4 is 0 Å². The summed E-state index contributed by atoms with van der Waals surface area (Å²) in [5.41, 5.74) is 0.0895. The third-order valence-corrected chi connectivity index (χ3v) is 4.94. The van der Waals surface area contributed by atoms with E-state index in [1.165, 1.54) is 51.4 Å². The Morgan fingerprint density at radius 2 is 2.11 bits per heavy atom. The predicted molar refractivity (Wildman–Crippen MR) is 76.3 cm³/mol. The van der Waals surface area contributed by atoms with Gasteiger partial charge in [-0.1, -0.05) is 19.8 Å². The molecule has 3 fully saturated rings. The first-order valence-electron chi connectivity index (χ1n) is 8.25. The standard InChI is InChI=1S/C16H29NO2/c1-13-4-2-8-16(10-13,12-17-14-6-7-14)19-11-15-5-3-9-18-15/h13-15,17H,2-12H2,1H3. The Hall–Kier alpha value is -0.120. The average molecular weight is 267 g/mol. The Morgan fingerprint density at radius 3 is 2.79 bits per heavy atom. The van der Waals surface area contributed by atoms with Gasteiger partial charge in [-0.3, -0.25) is 0 Å². The SMILES string of the molecule is CC1CCCC(CNC2CC2)(OCC2CCCO2)C1. The number of rotatable bonds is 6. The van der Waals surface area contributed by atoms with E-state index in [9.17, 15) is 0 Å². The van der Waals surface area contributed by atoms with Gasteiger partial charge in [0.15, 0.2) is 0 Å². The maximum Gasteiger partial charge on any atom is 0.0810 e. The van der Waals surface area contributed by atoms with E-state index in [4.69, 9.17) is 9.47 Å². The smallest absolute Gasteiger partial charge is 0.0810 e. The number of ether oxygens (including phenoxy) is 2. The third kappa shape index (κ3) is 3.93. The Kier molecular flexibility index (Phi) is 4.45. The van der Waals surface area contributed by atoms with Gasteiger partial charge in [0, 0.05) is 19.2 Å². The van der Waals surface area contributed by atoms with E-state index in [2.05, 4.69) is 12.2 Å². The van der Waals surface area contributed by atoms with Gasteiger partial charge in [0.05, 0.1) is 18.3 Å². The largest absolute Gasteiger partial charge is 0.376 e. The molecule has 3 rings (SSSR count). The van der Waals surface area contributed by atoms with Crippen LogP contribution >= 0.6 is 0 Å². The zero-order chi connectivity index (χ0) is 13.1. The summed E-state index contributed by atoms with van der Waals surface area (Å²) in [6.07, 6.45) is 10.6. The van der Waals surface area contributed by atoms with Crippen LogP contribution in [0.25, 0.3) is 0 Å². The molecule has 3 nitrogen and oxygen atoms in total. The zero-order valence-electron chi connectivity index (χ0n) is 12.3. The normalized spacial score (nSPS) is 39.6. The van der Waals surface area contributed by atoms with Crippen molar-refractivity contribution in [1.29, 1.82) is 0 Å². The van der Waals surface area contributed by atoms with E-state index >= 15 is 0 Å². The molecular weight excluding hydrogens is 238 g/mol. The van der Waals surface area contributed by atoms with Gasteiger partial charge in [-0.25, -0.2) is 0 Å². The molecule has 1 heterocycles. The van der Waals surface area contributed by atoms with Gasteiger partial charge in [0.2, 0.25) is 0 Å². The van der Waals surface area contributed by atoms with Crippen LogP contribution in [0.4, 0.5) is 0 Å². The Morgan fingerprint density at radius 1 is 1.21 bits per heavy atom. The van der Waals surface area contributed by atoms with Crippen LogP contribution in [0.1, 0.15) is 58.3 Å². The van der Waals surface area contributed by atoms with Crippen LogP contribution in [-0.2, 0) is 9.47 Å². The summed E-state index contributed by atoms with van der Waals surface area (Å²) < 4.78 is 12.1. The fraction of sp³-hybridized carbons (Fsp3) is 1.00. The summed E-state index contributed by atoms with van der Waals surface area (Å²) in [4.78, 5) is 0. The molecule has 1 aliphatic heterocycles. The van der Waals surface area contributed by atoms with Crippen LogP contribution in [0.15, 0.2) is 0 Å². The monoisotopic (exact) mass is 267 g/mol. The van der Waals surface area contributed by atoms with E-state index in [0.29, 0.717) is 6.10 Å². The van der Waals surface area contributed by atoms with Crippen molar-refractivity contribution in [3.8, 4) is 0 Å². The second-order valence-corrected chi connectivity index (χ2v) is 6.99. The van der Waals surface area contributed by atoms with Crippen molar-refractivity contribution in [2.45, 2.75) is 76.0 Å². The fourth-order valence-corrected chi connectivity index (χ4v) is 3.62. The average Bonchev–Trinajstić information content (AvgIpc) is 3.09. The summed E-state index contributed by atoms with van der Waals surface area (Å²) in [7, 11) is 0. The van der Waals surface area contributed by atoms with Crippen LogP contribution in [-0.4, -0.2) is 37.5 Å². The minimum Gasteiger partial charge on any atom is -0.376 e. The van der Waals surface area contributed by atoms with E-state index < -0.39 is 0 Å². The summed E-state index contributed by atoms with van der Waals surface area (Å²) in [6, 6.07) is 0.778. The molecule has 2 aliphatic carbocycles. The highest BCUT2D eigenvalue weighted by atomic mass is 16.5. The first-order valence-corrected chi connectivity index (χ1v) is 8.25. The first kappa shape index (κ1) is 13.8. The topological polar surface area (TPSA) is 30.5 Å². The van der Waals surface area contributed by atoms with Gasteiger partial charge >= 0.3 is 0 Å². The minimum absolute atomic E-state index is 0.0895. The van der Waals surface area contributed by atoms with Crippen molar-refractivity contribution in [1.82, 2.24) is 5.32 Å². The molecule has 0 aromatic carbocycles. The Balaban J connectivity index is 1.53. The molecule has 1 N–H and O–H groups in total. The molecular formula is C16H29NO2. The summed E-state index contributed by atoms with van der Waals surface area (Å²) in [5.74, 6) is 0.805. The maximum atomic E-state index is 6.42. The summed E-state index contributed by atoms with van der Waals surface area (Å²) in [6.45, 7) is 5.16. The zero-order valence-corrected chi connectivity index (χ0v) is 12.3. The van der Waals surface area contributed by atoms with Crippen LogP contribution in [0.2, 0.25) is 0 Å². The van der Waals surface area contributed by atoms with Crippen LogP contribution < -0.4 is 5.32 Å². The lowest BCUT2D eigenvalue weighted by Crippen LogP contribution is -2.48. The van der Waals surface area contributed by atoms with E-state index in [1.807, 2.05) is 0 Å². The number of hydrogen-bond donors (Lipinski definition) is 1. The fourth-order valence-electron chi connectivity index (χ4n) is 3.62. The maximum absolute atomic E-state index is 6.42. The Labute approximate surface area is 117 Å². The molecule has 0 radical (unpaired) electrons. The lowest BCUT2D eigenvalue weighted by Gasteiger charge is -2.41. The van der Waals surface area contributed by atoms with Gasteiger partial charge in [-0.05, 0) is 44.4 Å². The lowest BCUT2D eigenvalue weighted by atomic mass is 9.78. The van der Waals surface area contributed by atoms with E-state index in [0.717, 1.165) is 31.7 Å². The van der Waals surface area contributed by atoms with Crippen molar-refractivity contribution in [3.05, 3.63) is 0 Å². The van der Waals surface area contributed by atoms with Gasteiger partial charge in [-0.2, -0.15) is 0 Å². The quantitative estimate of drug-likeness (QED) is 0.802. The van der Waals surface area contributed by atoms with Gasteiger partial charge in [-0.15, -0.1) is 0 Å². The number of nitrogens with one attached hydrogen (secondary N) is 1. The minimum atomic E-state index is 0.0895. The second kappa shape index (κ2) is 6.11. The van der Waals surface area contributed by atoms with Crippen molar-refractivity contribution in [3.63, 3.8) is 0 Å². The molecule has 0 bridgehead atoms. The highest BCUT2D eigenvalue weighted by Gasteiger charge is 2.38. The van der Waals surface area contributed by atoms with Crippen LogP contribution in [0.3, 0.4) is 0 Å². The molecule has 3 aliphatic rings. The van der Waals surface area contributed by atoms with Crippen molar-refractivity contribution in [2.75, 3.05) is 19.8 Å². The molecule has 19 heavy (non-hydrogen) atoms. The highest BCUT2D eigenvalue weighted by molar-refractivity contribution is 4.93. The summed E-state index contributed by atoms with van der Waals surface area (Å²) >= 11 is 0. The molecule has 0 aromatic rings. The third-order valence-electron chi connectivity index (χ3n) is 4.94. The molecule has 3 heteroatoms. The van der Waals surface area contributed by atoms with Crippen molar-refractivity contribution < 1.29 is 9.47 Å². The molecule has 0 aromatic heterocycles. The van der Waals surface area contributed by atoms with E-state index in [-0.39, 0.29) is 5.60 Å². The van der Waals surface area contributed by atoms with Crippen molar-refractivity contribution in [2.24, 2.45) is 5.92 Å². The molecule has 2 saturated carbocycles. The molecule has 1 saturated heterocycles. The highest BCUT2D eigenvalue weighted by Crippen LogP contribution is 2.36.